The van der Waals surface area contributed by atoms with Gasteiger partial charge in [-0.15, -0.1) is 0 Å². The highest BCUT2D eigenvalue weighted by molar-refractivity contribution is 8.26. The van der Waals surface area contributed by atoms with Crippen LogP contribution in [-0.4, -0.2) is 55.2 Å². The lowest BCUT2D eigenvalue weighted by Gasteiger charge is -2.20. The van der Waals surface area contributed by atoms with Crippen molar-refractivity contribution in [2.75, 3.05) is 24.5 Å². The molecule has 0 atom stereocenters. The Morgan fingerprint density at radius 1 is 1.33 bits per heavy atom. The van der Waals surface area contributed by atoms with E-state index < -0.39 is 5.97 Å². The van der Waals surface area contributed by atoms with Gasteiger partial charge >= 0.3 is 5.97 Å². The van der Waals surface area contributed by atoms with Crippen LogP contribution in [0.15, 0.2) is 28.0 Å². The highest BCUT2D eigenvalue weighted by Crippen LogP contribution is 2.34. The molecule has 1 amide bonds. The Hall–Kier alpha value is -2.72. The maximum absolute atomic E-state index is 13.3. The summed E-state index contributed by atoms with van der Waals surface area (Å²) in [5, 5.41) is 8.90. The van der Waals surface area contributed by atoms with Gasteiger partial charge in [-0.05, 0) is 37.5 Å². The average molecular weight is 445 g/mol. The second-order valence-corrected chi connectivity index (χ2v) is 8.89. The topological polar surface area (TPSA) is 95.2 Å². The Balaban J connectivity index is 1.82. The van der Waals surface area contributed by atoms with E-state index in [0.717, 1.165) is 43.3 Å². The largest absolute Gasteiger partial charge is 0.481 e. The van der Waals surface area contributed by atoms with Crippen molar-refractivity contribution in [3.8, 4) is 0 Å². The predicted octanol–water partition coefficient (Wildman–Crippen LogP) is 2.28. The molecule has 2 fully saturated rings. The number of carboxylic acids is 1. The minimum absolute atomic E-state index is 0.00443. The fourth-order valence-electron chi connectivity index (χ4n) is 3.63. The van der Waals surface area contributed by atoms with Crippen LogP contribution in [0, 0.1) is 6.92 Å². The number of carbonyl (C=O) groups excluding carboxylic acids is 1. The minimum Gasteiger partial charge on any atom is -0.481 e. The van der Waals surface area contributed by atoms with Crippen LogP contribution in [0.2, 0.25) is 0 Å². The monoisotopic (exact) mass is 444 g/mol. The van der Waals surface area contributed by atoms with Crippen LogP contribution < -0.4 is 10.5 Å². The lowest BCUT2D eigenvalue weighted by Crippen LogP contribution is -2.30. The van der Waals surface area contributed by atoms with Crippen LogP contribution in [0.25, 0.3) is 11.7 Å². The molecule has 2 aliphatic rings. The molecule has 2 saturated heterocycles. The van der Waals surface area contributed by atoms with E-state index in [9.17, 15) is 14.4 Å². The van der Waals surface area contributed by atoms with Gasteiger partial charge in [-0.2, -0.15) is 0 Å². The summed E-state index contributed by atoms with van der Waals surface area (Å²) in [6, 6.07) is 3.69. The molecule has 0 saturated carbocycles. The van der Waals surface area contributed by atoms with Gasteiger partial charge in [0, 0.05) is 25.8 Å². The first kappa shape index (κ1) is 20.5. The van der Waals surface area contributed by atoms with Crippen molar-refractivity contribution in [1.82, 2.24) is 14.3 Å². The Morgan fingerprint density at radius 3 is 2.77 bits per heavy atom. The molecule has 2 aromatic heterocycles. The van der Waals surface area contributed by atoms with Crippen molar-refractivity contribution in [3.63, 3.8) is 0 Å². The minimum atomic E-state index is -1.00. The summed E-state index contributed by atoms with van der Waals surface area (Å²) in [7, 11) is 0. The predicted molar refractivity (Wildman–Crippen MR) is 120 cm³/mol. The van der Waals surface area contributed by atoms with E-state index in [2.05, 4.69) is 4.90 Å². The first-order valence-corrected chi connectivity index (χ1v) is 10.8. The number of nitrogens with zero attached hydrogens (tertiary/aromatic N) is 4. The number of rotatable bonds is 5. The number of thiocarbonyl (C=S) groups is 1. The number of anilines is 1. The summed E-state index contributed by atoms with van der Waals surface area (Å²) in [5.74, 6) is -0.813. The molecule has 0 radical (unpaired) electrons. The van der Waals surface area contributed by atoms with Crippen LogP contribution in [-0.2, 0) is 9.59 Å². The van der Waals surface area contributed by atoms with E-state index in [1.54, 1.807) is 18.3 Å². The van der Waals surface area contributed by atoms with Gasteiger partial charge in [-0.25, -0.2) is 4.98 Å². The van der Waals surface area contributed by atoms with Gasteiger partial charge in [-0.3, -0.25) is 23.7 Å². The average Bonchev–Trinajstić information content (AvgIpc) is 3.32. The summed E-state index contributed by atoms with van der Waals surface area (Å²) in [6.07, 6.45) is 5.06. The lowest BCUT2D eigenvalue weighted by atomic mass is 10.2. The van der Waals surface area contributed by atoms with Crippen molar-refractivity contribution in [1.29, 1.82) is 0 Å². The number of aryl methyl sites for hydroxylation is 1. The fourth-order valence-corrected chi connectivity index (χ4v) is 4.92. The number of pyridine rings is 1. The smallest absolute Gasteiger partial charge is 0.305 e. The van der Waals surface area contributed by atoms with Crippen LogP contribution >= 0.6 is 24.0 Å². The summed E-state index contributed by atoms with van der Waals surface area (Å²) in [6.45, 7) is 3.51. The number of hydrogen-bond acceptors (Lipinski definition) is 7. The molecule has 1 N–H and O–H groups in total. The number of fused-ring (bicyclic) bond motifs is 1. The fraction of sp³-hybridized carbons (Fsp3) is 0.350. The second kappa shape index (κ2) is 8.19. The summed E-state index contributed by atoms with van der Waals surface area (Å²) < 4.78 is 1.78. The zero-order valence-corrected chi connectivity index (χ0v) is 18.0. The number of amides is 1. The Bertz CT molecular complexity index is 1150. The Labute approximate surface area is 182 Å². The quantitative estimate of drug-likeness (QED) is 0.554. The van der Waals surface area contributed by atoms with Crippen molar-refractivity contribution >= 4 is 57.7 Å². The molecule has 2 aliphatic heterocycles. The molecule has 0 spiro atoms. The van der Waals surface area contributed by atoms with Gasteiger partial charge in [-0.1, -0.05) is 30.0 Å². The van der Waals surface area contributed by atoms with E-state index >= 15 is 0 Å². The van der Waals surface area contributed by atoms with Crippen molar-refractivity contribution < 1.29 is 14.7 Å². The van der Waals surface area contributed by atoms with Gasteiger partial charge < -0.3 is 10.0 Å². The lowest BCUT2D eigenvalue weighted by molar-refractivity contribution is -0.137. The Morgan fingerprint density at radius 2 is 2.07 bits per heavy atom. The highest BCUT2D eigenvalue weighted by Gasteiger charge is 2.33. The Kier molecular flexibility index (Phi) is 5.61. The third-order valence-electron chi connectivity index (χ3n) is 5.17. The molecule has 4 rings (SSSR count). The van der Waals surface area contributed by atoms with Gasteiger partial charge in [0.05, 0.1) is 16.9 Å². The van der Waals surface area contributed by atoms with E-state index in [4.69, 9.17) is 22.3 Å². The first-order chi connectivity index (χ1) is 14.4. The van der Waals surface area contributed by atoms with Crippen LogP contribution in [0.1, 0.15) is 30.4 Å². The molecule has 0 aliphatic carbocycles. The van der Waals surface area contributed by atoms with E-state index in [1.807, 2.05) is 13.0 Å². The summed E-state index contributed by atoms with van der Waals surface area (Å²) in [4.78, 5) is 45.4. The maximum atomic E-state index is 13.3. The van der Waals surface area contributed by atoms with Gasteiger partial charge in [0.2, 0.25) is 0 Å². The molecule has 30 heavy (non-hydrogen) atoms. The van der Waals surface area contributed by atoms with Crippen molar-refractivity contribution in [2.45, 2.75) is 26.2 Å². The molecule has 10 heteroatoms. The number of aliphatic carboxylic acids is 1. The number of carboxylic acid groups (broad SMARTS) is 1. The SMILES string of the molecule is Cc1cccn2c(=O)c(C=C3SC(=S)N(CCC(=O)O)C3=O)c(N3CCCC3)nc12. The summed E-state index contributed by atoms with van der Waals surface area (Å²) in [5.41, 5.74) is 1.58. The maximum Gasteiger partial charge on any atom is 0.305 e. The van der Waals surface area contributed by atoms with Gasteiger partial charge in [0.15, 0.2) is 0 Å². The van der Waals surface area contributed by atoms with Gasteiger partial charge in [0.25, 0.3) is 11.5 Å². The molecule has 4 heterocycles. The van der Waals surface area contributed by atoms with Crippen LogP contribution in [0.3, 0.4) is 0 Å². The van der Waals surface area contributed by atoms with Crippen LogP contribution in [0.5, 0.6) is 0 Å². The standard InChI is InChI=1S/C20H20N4O4S2/c1-12-5-4-9-23-16(12)21-17(22-7-2-3-8-22)13(18(23)27)11-14-19(28)24(20(29)30-14)10-6-15(25)26/h4-5,9,11H,2-3,6-8,10H2,1H3,(H,25,26). The number of aromatic nitrogens is 2. The molecule has 156 valence electrons. The van der Waals surface area contributed by atoms with E-state index in [-0.39, 0.29) is 24.4 Å². The van der Waals surface area contributed by atoms with E-state index in [0.29, 0.717) is 26.3 Å². The van der Waals surface area contributed by atoms with Crippen LogP contribution in [0.4, 0.5) is 5.82 Å². The zero-order valence-electron chi connectivity index (χ0n) is 16.3. The van der Waals surface area contributed by atoms with Crippen molar-refractivity contribution in [3.05, 3.63) is 44.7 Å². The van der Waals surface area contributed by atoms with E-state index in [1.165, 1.54) is 9.30 Å². The molecule has 0 unspecified atom stereocenters. The molecular weight excluding hydrogens is 424 g/mol. The molecule has 0 aromatic carbocycles. The first-order valence-electron chi connectivity index (χ1n) is 9.61. The third kappa shape index (κ3) is 3.72. The molecular formula is C20H20N4O4S2. The normalized spacial score (nSPS) is 18.2. The summed E-state index contributed by atoms with van der Waals surface area (Å²) >= 11 is 6.33. The molecule has 0 bridgehead atoms. The highest BCUT2D eigenvalue weighted by atomic mass is 32.2. The molecule has 2 aromatic rings. The number of thioether (sulfide) groups is 1. The van der Waals surface area contributed by atoms with Gasteiger partial charge in [0.1, 0.15) is 15.8 Å². The molecule has 8 nitrogen and oxygen atoms in total. The second-order valence-electron chi connectivity index (χ2n) is 7.21. The number of hydrogen-bond donors (Lipinski definition) is 1. The number of carbonyl (C=O) groups is 2. The zero-order chi connectivity index (χ0) is 21.4. The third-order valence-corrected chi connectivity index (χ3v) is 6.55. The van der Waals surface area contributed by atoms with Crippen molar-refractivity contribution in [2.24, 2.45) is 0 Å².